The maximum Gasteiger partial charge on any atom is 0.206 e. The molecule has 0 aliphatic carbocycles. The number of nitrogens with zero attached hydrogens (tertiary/aromatic N) is 1. The van der Waals surface area contributed by atoms with Crippen LogP contribution in [-0.2, 0) is 9.84 Å². The van der Waals surface area contributed by atoms with Crippen molar-refractivity contribution in [3.63, 3.8) is 0 Å². The van der Waals surface area contributed by atoms with Gasteiger partial charge in [0.25, 0.3) is 0 Å². The molecule has 0 fully saturated rings. The summed E-state index contributed by atoms with van der Waals surface area (Å²) >= 11 is 0. The maximum absolute atomic E-state index is 12.6. The van der Waals surface area contributed by atoms with E-state index in [-0.39, 0.29) is 15.7 Å². The summed E-state index contributed by atoms with van der Waals surface area (Å²) in [6, 6.07) is 15.4. The Labute approximate surface area is 129 Å². The van der Waals surface area contributed by atoms with Crippen molar-refractivity contribution in [3.8, 4) is 11.8 Å². The van der Waals surface area contributed by atoms with Crippen molar-refractivity contribution in [2.45, 2.75) is 28.6 Å². The van der Waals surface area contributed by atoms with Gasteiger partial charge in [-0.3, -0.25) is 0 Å². The molecule has 2 aromatic rings. The molecule has 112 valence electrons. The van der Waals surface area contributed by atoms with Crippen LogP contribution in [0.15, 0.2) is 58.3 Å². The van der Waals surface area contributed by atoms with Crippen molar-refractivity contribution in [3.05, 3.63) is 54.1 Å². The van der Waals surface area contributed by atoms with Gasteiger partial charge in [0.2, 0.25) is 9.84 Å². The minimum absolute atomic E-state index is 0.113. The van der Waals surface area contributed by atoms with Crippen molar-refractivity contribution < 1.29 is 13.2 Å². The van der Waals surface area contributed by atoms with Crippen molar-refractivity contribution in [1.29, 1.82) is 5.26 Å². The lowest BCUT2D eigenvalue weighted by molar-refractivity contribution is 0.267. The minimum atomic E-state index is -3.55. The zero-order valence-electron chi connectivity index (χ0n) is 11.9. The normalized spacial score (nSPS) is 17.1. The molecule has 0 amide bonds. The summed E-state index contributed by atoms with van der Waals surface area (Å²) in [6.45, 7) is 0.508. The largest absolute Gasteiger partial charge is 0.493 e. The third-order valence-electron chi connectivity index (χ3n) is 3.85. The molecule has 0 saturated heterocycles. The highest BCUT2D eigenvalue weighted by molar-refractivity contribution is 7.91. The standard InChI is InChI=1S/C17H15NO3S/c18-10-8-13-9-11-21-17-12-15(6-7-16(13)17)22(19,20)14-4-2-1-3-5-14/h1-7,12-13H,8-9,11H2. The molecule has 4 nitrogen and oxygen atoms in total. The Morgan fingerprint density at radius 3 is 2.64 bits per heavy atom. The number of nitriles is 1. The molecular formula is C17H15NO3S. The summed E-state index contributed by atoms with van der Waals surface area (Å²) in [4.78, 5) is 0.481. The molecule has 0 aromatic heterocycles. The van der Waals surface area contributed by atoms with Gasteiger partial charge in [-0.25, -0.2) is 8.42 Å². The number of ether oxygens (including phenoxy) is 1. The SMILES string of the molecule is N#CCC1CCOc2cc(S(=O)(=O)c3ccccc3)ccc21. The van der Waals surface area contributed by atoms with Crippen molar-refractivity contribution in [2.75, 3.05) is 6.61 Å². The molecule has 1 atom stereocenters. The van der Waals surface area contributed by atoms with E-state index in [9.17, 15) is 8.42 Å². The molecule has 1 aliphatic rings. The second kappa shape index (κ2) is 5.82. The second-order valence-corrected chi connectivity index (χ2v) is 7.16. The van der Waals surface area contributed by atoms with E-state index in [1.165, 1.54) is 0 Å². The van der Waals surface area contributed by atoms with Gasteiger partial charge in [0.05, 0.1) is 22.5 Å². The molecule has 0 radical (unpaired) electrons. The summed E-state index contributed by atoms with van der Waals surface area (Å²) in [5, 5.41) is 8.89. The van der Waals surface area contributed by atoms with Crippen LogP contribution in [-0.4, -0.2) is 15.0 Å². The minimum Gasteiger partial charge on any atom is -0.493 e. The first-order chi connectivity index (χ1) is 10.6. The molecule has 3 rings (SSSR count). The van der Waals surface area contributed by atoms with E-state index in [0.717, 1.165) is 12.0 Å². The van der Waals surface area contributed by atoms with Gasteiger partial charge in [-0.1, -0.05) is 24.3 Å². The van der Waals surface area contributed by atoms with Crippen LogP contribution in [0.5, 0.6) is 5.75 Å². The second-order valence-electron chi connectivity index (χ2n) is 5.21. The van der Waals surface area contributed by atoms with E-state index in [0.29, 0.717) is 18.8 Å². The van der Waals surface area contributed by atoms with Crippen LogP contribution < -0.4 is 4.74 Å². The van der Waals surface area contributed by atoms with Gasteiger partial charge < -0.3 is 4.74 Å². The summed E-state index contributed by atoms with van der Waals surface area (Å²) in [7, 11) is -3.55. The number of rotatable bonds is 3. The smallest absolute Gasteiger partial charge is 0.206 e. The number of fused-ring (bicyclic) bond motifs is 1. The molecule has 22 heavy (non-hydrogen) atoms. The van der Waals surface area contributed by atoms with E-state index < -0.39 is 9.84 Å². The van der Waals surface area contributed by atoms with E-state index in [1.807, 2.05) is 0 Å². The Kier molecular flexibility index (Phi) is 3.86. The Balaban J connectivity index is 2.03. The fourth-order valence-electron chi connectivity index (χ4n) is 2.67. The molecule has 5 heteroatoms. The summed E-state index contributed by atoms with van der Waals surface area (Å²) in [5.74, 6) is 0.686. The van der Waals surface area contributed by atoms with Crippen LogP contribution in [0.1, 0.15) is 24.3 Å². The lowest BCUT2D eigenvalue weighted by atomic mass is 9.91. The van der Waals surface area contributed by atoms with Gasteiger partial charge in [-0.05, 0) is 36.2 Å². The lowest BCUT2D eigenvalue weighted by Crippen LogP contribution is -2.14. The Bertz CT molecular complexity index is 823. The quantitative estimate of drug-likeness (QED) is 0.872. The number of sulfone groups is 1. The zero-order chi connectivity index (χ0) is 15.6. The van der Waals surface area contributed by atoms with Gasteiger partial charge in [0.15, 0.2) is 0 Å². The molecule has 1 heterocycles. The average Bonchev–Trinajstić information content (AvgIpc) is 2.56. The number of hydrogen-bond acceptors (Lipinski definition) is 4. The van der Waals surface area contributed by atoms with Gasteiger partial charge in [0.1, 0.15) is 5.75 Å². The van der Waals surface area contributed by atoms with Crippen molar-refractivity contribution in [2.24, 2.45) is 0 Å². The van der Waals surface area contributed by atoms with Crippen LogP contribution in [0.4, 0.5) is 0 Å². The number of hydrogen-bond donors (Lipinski definition) is 0. The first-order valence-corrected chi connectivity index (χ1v) is 8.55. The van der Waals surface area contributed by atoms with Crippen molar-refractivity contribution in [1.82, 2.24) is 0 Å². The first-order valence-electron chi connectivity index (χ1n) is 7.07. The molecule has 0 spiro atoms. The van der Waals surface area contributed by atoms with Crippen LogP contribution >= 0.6 is 0 Å². The van der Waals surface area contributed by atoms with Gasteiger partial charge in [-0.15, -0.1) is 0 Å². The highest BCUT2D eigenvalue weighted by Gasteiger charge is 2.25. The number of benzene rings is 2. The monoisotopic (exact) mass is 313 g/mol. The summed E-state index contributed by atoms with van der Waals surface area (Å²) < 4.78 is 30.8. The van der Waals surface area contributed by atoms with Gasteiger partial charge in [0, 0.05) is 12.3 Å². The van der Waals surface area contributed by atoms with Gasteiger partial charge in [-0.2, -0.15) is 5.26 Å². The third-order valence-corrected chi connectivity index (χ3v) is 5.62. The summed E-state index contributed by atoms with van der Waals surface area (Å²) in [6.07, 6.45) is 1.20. The topological polar surface area (TPSA) is 67.2 Å². The van der Waals surface area contributed by atoms with E-state index in [1.54, 1.807) is 48.5 Å². The highest BCUT2D eigenvalue weighted by Crippen LogP contribution is 2.37. The Hall–Kier alpha value is -2.32. The third kappa shape index (κ3) is 2.58. The molecule has 0 N–H and O–H groups in total. The molecule has 0 bridgehead atoms. The van der Waals surface area contributed by atoms with Crippen LogP contribution in [0.2, 0.25) is 0 Å². The predicted molar refractivity (Wildman–Crippen MR) is 81.4 cm³/mol. The zero-order valence-corrected chi connectivity index (χ0v) is 12.7. The molecular weight excluding hydrogens is 298 g/mol. The fraction of sp³-hybridized carbons (Fsp3) is 0.235. The molecule has 0 saturated carbocycles. The first kappa shape index (κ1) is 14.6. The van der Waals surface area contributed by atoms with E-state index in [2.05, 4.69) is 6.07 Å². The maximum atomic E-state index is 12.6. The van der Waals surface area contributed by atoms with Crippen molar-refractivity contribution >= 4 is 9.84 Å². The molecule has 2 aromatic carbocycles. The highest BCUT2D eigenvalue weighted by atomic mass is 32.2. The Morgan fingerprint density at radius 1 is 1.14 bits per heavy atom. The van der Waals surface area contributed by atoms with Gasteiger partial charge >= 0.3 is 0 Å². The molecule has 1 unspecified atom stereocenters. The van der Waals surface area contributed by atoms with E-state index >= 15 is 0 Å². The Morgan fingerprint density at radius 2 is 1.91 bits per heavy atom. The van der Waals surface area contributed by atoms with Crippen LogP contribution in [0.3, 0.4) is 0 Å². The summed E-state index contributed by atoms with van der Waals surface area (Å²) in [5.41, 5.74) is 0.916. The lowest BCUT2D eigenvalue weighted by Gasteiger charge is -2.24. The average molecular weight is 313 g/mol. The fourth-order valence-corrected chi connectivity index (χ4v) is 3.97. The van der Waals surface area contributed by atoms with Crippen LogP contribution in [0.25, 0.3) is 0 Å². The molecule has 1 aliphatic heterocycles. The van der Waals surface area contributed by atoms with E-state index in [4.69, 9.17) is 10.00 Å². The van der Waals surface area contributed by atoms with Crippen LogP contribution in [0, 0.1) is 11.3 Å². The predicted octanol–water partition coefficient (Wildman–Crippen LogP) is 3.30.